The minimum absolute atomic E-state index is 0.0842. The molecular weight excluding hydrogens is 352 g/mol. The smallest absolute Gasteiger partial charge is 0.251 e. The second kappa shape index (κ2) is 8.13. The largest absolute Gasteiger partial charge is 0.493 e. The minimum Gasteiger partial charge on any atom is -0.493 e. The van der Waals surface area contributed by atoms with E-state index >= 15 is 0 Å². The Hall–Kier alpha value is -3.34. The van der Waals surface area contributed by atoms with Gasteiger partial charge < -0.3 is 14.8 Å². The Morgan fingerprint density at radius 3 is 2.86 bits per heavy atom. The van der Waals surface area contributed by atoms with Crippen molar-refractivity contribution in [2.45, 2.75) is 26.0 Å². The molecule has 4 rings (SSSR count). The van der Waals surface area contributed by atoms with Gasteiger partial charge in [-0.05, 0) is 54.4 Å². The topological polar surface area (TPSA) is 60.5 Å². The number of hydrogen-bond donors (Lipinski definition) is 1. The molecule has 5 heteroatoms. The Morgan fingerprint density at radius 1 is 1.21 bits per heavy atom. The van der Waals surface area contributed by atoms with Gasteiger partial charge in [-0.15, -0.1) is 0 Å². The molecule has 0 saturated heterocycles. The number of carbonyl (C=O) groups excluding carboxylic acids is 1. The normalized spacial score (nSPS) is 13.3. The molecule has 5 nitrogen and oxygen atoms in total. The van der Waals surface area contributed by atoms with Gasteiger partial charge in [0.15, 0.2) is 0 Å². The summed E-state index contributed by atoms with van der Waals surface area (Å²) in [7, 11) is 0. The van der Waals surface area contributed by atoms with Crippen LogP contribution in [0.4, 0.5) is 0 Å². The molecular formula is C23H22N2O3. The van der Waals surface area contributed by atoms with Crippen molar-refractivity contribution in [2.75, 3.05) is 6.61 Å². The molecule has 3 aromatic rings. The predicted molar refractivity (Wildman–Crippen MR) is 107 cm³/mol. The zero-order valence-corrected chi connectivity index (χ0v) is 15.7. The molecule has 28 heavy (non-hydrogen) atoms. The highest BCUT2D eigenvalue weighted by atomic mass is 16.5. The summed E-state index contributed by atoms with van der Waals surface area (Å²) in [5, 5.41) is 3.05. The standard InChI is InChI=1S/C23H22N2O3/c1-16(25-23(26)20-6-9-22-19(13-20)10-12-27-22)18-4-7-21(8-5-18)28-15-17-3-2-11-24-14-17/h2-9,11,13-14,16H,10,12,15H2,1H3,(H,25,26). The van der Waals surface area contributed by atoms with Gasteiger partial charge in [-0.2, -0.15) is 0 Å². The van der Waals surface area contributed by atoms with Crippen LogP contribution in [0, 0.1) is 0 Å². The first kappa shape index (κ1) is 18.0. The zero-order chi connectivity index (χ0) is 19.3. The molecule has 0 spiro atoms. The lowest BCUT2D eigenvalue weighted by Crippen LogP contribution is -2.26. The summed E-state index contributed by atoms with van der Waals surface area (Å²) < 4.78 is 11.3. The fraction of sp³-hybridized carbons (Fsp3) is 0.217. The molecule has 1 aliphatic rings. The monoisotopic (exact) mass is 374 g/mol. The third-order valence-corrected chi connectivity index (χ3v) is 4.81. The number of hydrogen-bond acceptors (Lipinski definition) is 4. The lowest BCUT2D eigenvalue weighted by molar-refractivity contribution is 0.0940. The van der Waals surface area contributed by atoms with E-state index in [9.17, 15) is 4.79 Å². The van der Waals surface area contributed by atoms with Crippen LogP contribution in [0.5, 0.6) is 11.5 Å². The van der Waals surface area contributed by atoms with Gasteiger partial charge in [0.1, 0.15) is 18.1 Å². The van der Waals surface area contributed by atoms with E-state index in [4.69, 9.17) is 9.47 Å². The number of nitrogens with zero attached hydrogens (tertiary/aromatic N) is 1. The van der Waals surface area contributed by atoms with Crippen molar-refractivity contribution in [3.63, 3.8) is 0 Å². The summed E-state index contributed by atoms with van der Waals surface area (Å²) >= 11 is 0. The van der Waals surface area contributed by atoms with E-state index in [1.54, 1.807) is 12.4 Å². The molecule has 0 saturated carbocycles. The molecule has 2 heterocycles. The van der Waals surface area contributed by atoms with E-state index in [-0.39, 0.29) is 11.9 Å². The summed E-state index contributed by atoms with van der Waals surface area (Å²) in [4.78, 5) is 16.7. The first-order valence-electron chi connectivity index (χ1n) is 9.37. The van der Waals surface area contributed by atoms with Crippen molar-refractivity contribution in [3.8, 4) is 11.5 Å². The van der Waals surface area contributed by atoms with Crippen LogP contribution in [-0.4, -0.2) is 17.5 Å². The van der Waals surface area contributed by atoms with Gasteiger partial charge in [-0.1, -0.05) is 18.2 Å². The fourth-order valence-corrected chi connectivity index (χ4v) is 3.19. The van der Waals surface area contributed by atoms with Gasteiger partial charge in [0.2, 0.25) is 0 Å². The number of rotatable bonds is 6. The highest BCUT2D eigenvalue weighted by molar-refractivity contribution is 5.94. The lowest BCUT2D eigenvalue weighted by Gasteiger charge is -2.15. The van der Waals surface area contributed by atoms with Crippen molar-refractivity contribution in [1.29, 1.82) is 0 Å². The summed E-state index contributed by atoms with van der Waals surface area (Å²) in [5.74, 6) is 1.58. The summed E-state index contributed by atoms with van der Waals surface area (Å²) in [5.41, 5.74) is 3.79. The Kier molecular flexibility index (Phi) is 5.24. The average Bonchev–Trinajstić information content (AvgIpc) is 3.21. The minimum atomic E-state index is -0.107. The van der Waals surface area contributed by atoms with E-state index in [0.717, 1.165) is 34.6 Å². The fourth-order valence-electron chi connectivity index (χ4n) is 3.19. The molecule has 0 radical (unpaired) electrons. The molecule has 1 atom stereocenters. The van der Waals surface area contributed by atoms with Crippen LogP contribution in [0.15, 0.2) is 67.0 Å². The lowest BCUT2D eigenvalue weighted by atomic mass is 10.1. The van der Waals surface area contributed by atoms with E-state index < -0.39 is 0 Å². The maximum atomic E-state index is 12.6. The maximum absolute atomic E-state index is 12.6. The van der Waals surface area contributed by atoms with Crippen LogP contribution >= 0.6 is 0 Å². The van der Waals surface area contributed by atoms with E-state index in [1.807, 2.05) is 61.5 Å². The van der Waals surface area contributed by atoms with Gasteiger partial charge in [0.25, 0.3) is 5.91 Å². The van der Waals surface area contributed by atoms with Crippen LogP contribution < -0.4 is 14.8 Å². The van der Waals surface area contributed by atoms with Crippen molar-refractivity contribution in [2.24, 2.45) is 0 Å². The Bertz CT molecular complexity index is 955. The molecule has 0 fully saturated rings. The first-order chi connectivity index (χ1) is 13.7. The van der Waals surface area contributed by atoms with Crippen molar-refractivity contribution in [3.05, 3.63) is 89.2 Å². The molecule has 1 aromatic heterocycles. The zero-order valence-electron chi connectivity index (χ0n) is 15.7. The number of ether oxygens (including phenoxy) is 2. The number of carbonyl (C=O) groups is 1. The molecule has 1 N–H and O–H groups in total. The molecule has 1 unspecified atom stereocenters. The third kappa shape index (κ3) is 4.14. The highest BCUT2D eigenvalue weighted by Gasteiger charge is 2.16. The number of nitrogens with one attached hydrogen (secondary N) is 1. The number of amides is 1. The predicted octanol–water partition coefficient (Wildman–Crippen LogP) is 4.09. The second-order valence-corrected chi connectivity index (χ2v) is 6.84. The molecule has 1 amide bonds. The molecule has 0 bridgehead atoms. The third-order valence-electron chi connectivity index (χ3n) is 4.81. The number of fused-ring (bicyclic) bond motifs is 1. The van der Waals surface area contributed by atoms with Crippen LogP contribution in [0.2, 0.25) is 0 Å². The average molecular weight is 374 g/mol. The van der Waals surface area contributed by atoms with Crippen molar-refractivity contribution >= 4 is 5.91 Å². The van der Waals surface area contributed by atoms with Gasteiger partial charge in [0, 0.05) is 29.9 Å². The van der Waals surface area contributed by atoms with Crippen LogP contribution in [0.25, 0.3) is 0 Å². The molecule has 0 aliphatic carbocycles. The van der Waals surface area contributed by atoms with Crippen molar-refractivity contribution < 1.29 is 14.3 Å². The Morgan fingerprint density at radius 2 is 2.07 bits per heavy atom. The Labute approximate surface area is 164 Å². The van der Waals surface area contributed by atoms with Gasteiger partial charge in [0.05, 0.1) is 12.6 Å². The molecule has 1 aliphatic heterocycles. The van der Waals surface area contributed by atoms with Crippen molar-refractivity contribution in [1.82, 2.24) is 10.3 Å². The quantitative estimate of drug-likeness (QED) is 0.706. The van der Waals surface area contributed by atoms with E-state index in [1.165, 1.54) is 0 Å². The summed E-state index contributed by atoms with van der Waals surface area (Å²) in [6.45, 7) is 3.13. The summed E-state index contributed by atoms with van der Waals surface area (Å²) in [6, 6.07) is 17.1. The maximum Gasteiger partial charge on any atom is 0.251 e. The van der Waals surface area contributed by atoms with E-state index in [2.05, 4.69) is 10.3 Å². The number of pyridine rings is 1. The van der Waals surface area contributed by atoms with Gasteiger partial charge in [-0.3, -0.25) is 9.78 Å². The number of benzene rings is 2. The number of aromatic nitrogens is 1. The molecule has 2 aromatic carbocycles. The van der Waals surface area contributed by atoms with Crippen LogP contribution in [0.3, 0.4) is 0 Å². The van der Waals surface area contributed by atoms with E-state index in [0.29, 0.717) is 18.8 Å². The SMILES string of the molecule is CC(NC(=O)c1ccc2c(c1)CCO2)c1ccc(OCc2cccnc2)cc1. The van der Waals surface area contributed by atoms with Crippen LogP contribution in [0.1, 0.15) is 40.0 Å². The first-order valence-corrected chi connectivity index (χ1v) is 9.37. The second-order valence-electron chi connectivity index (χ2n) is 6.84. The van der Waals surface area contributed by atoms with Crippen LogP contribution in [-0.2, 0) is 13.0 Å². The van der Waals surface area contributed by atoms with Gasteiger partial charge >= 0.3 is 0 Å². The van der Waals surface area contributed by atoms with Gasteiger partial charge in [-0.25, -0.2) is 0 Å². The Balaban J connectivity index is 1.35. The molecule has 142 valence electrons. The summed E-state index contributed by atoms with van der Waals surface area (Å²) in [6.07, 6.45) is 4.38. The highest BCUT2D eigenvalue weighted by Crippen LogP contribution is 2.26.